The molecule has 0 saturated carbocycles. The van der Waals surface area contributed by atoms with Gasteiger partial charge in [0.15, 0.2) is 0 Å². The van der Waals surface area contributed by atoms with E-state index in [0.29, 0.717) is 12.2 Å². The Morgan fingerprint density at radius 2 is 1.74 bits per heavy atom. The molecule has 0 aliphatic heterocycles. The Morgan fingerprint density at radius 3 is 2.29 bits per heavy atom. The Hall–Kier alpha value is -2.39. The number of anilines is 1. The van der Waals surface area contributed by atoms with Gasteiger partial charge in [-0.2, -0.15) is 0 Å². The molecule has 1 N–H and O–H groups in total. The number of hydrogen-bond acceptors (Lipinski definition) is 4. The topological polar surface area (TPSA) is 86.8 Å². The molecule has 0 aromatic heterocycles. The van der Waals surface area contributed by atoms with E-state index in [4.69, 9.17) is 0 Å². The summed E-state index contributed by atoms with van der Waals surface area (Å²) < 4.78 is 27.3. The van der Waals surface area contributed by atoms with Crippen molar-refractivity contribution < 1.29 is 18.0 Å². The smallest absolute Gasteiger partial charge is 0.244 e. The van der Waals surface area contributed by atoms with E-state index in [1.165, 1.54) is 4.90 Å². The van der Waals surface area contributed by atoms with E-state index in [-0.39, 0.29) is 18.4 Å². The average molecular weight is 553 g/mol. The first kappa shape index (κ1) is 27.9. The second-order valence-electron chi connectivity index (χ2n) is 9.03. The van der Waals surface area contributed by atoms with Crippen molar-refractivity contribution in [1.82, 2.24) is 10.2 Å². The Labute approximate surface area is 211 Å². The van der Waals surface area contributed by atoms with Gasteiger partial charge in [0, 0.05) is 17.6 Å². The molecule has 0 spiro atoms. The van der Waals surface area contributed by atoms with Crippen LogP contribution in [0, 0.1) is 19.8 Å². The van der Waals surface area contributed by atoms with E-state index >= 15 is 0 Å². The third kappa shape index (κ3) is 7.84. The van der Waals surface area contributed by atoms with Gasteiger partial charge < -0.3 is 10.2 Å². The number of rotatable bonds is 10. The summed E-state index contributed by atoms with van der Waals surface area (Å²) in [7, 11) is -3.75. The molecule has 0 aliphatic carbocycles. The minimum absolute atomic E-state index is 0.166. The predicted octanol–water partition coefficient (Wildman–Crippen LogP) is 4.02. The van der Waals surface area contributed by atoms with Crippen LogP contribution in [0.25, 0.3) is 0 Å². The van der Waals surface area contributed by atoms with Crippen molar-refractivity contribution in [3.63, 3.8) is 0 Å². The fourth-order valence-electron chi connectivity index (χ4n) is 3.55. The lowest BCUT2D eigenvalue weighted by Crippen LogP contribution is -2.51. The van der Waals surface area contributed by atoms with Crippen LogP contribution in [0.2, 0.25) is 0 Å². The molecule has 186 valence electrons. The van der Waals surface area contributed by atoms with Gasteiger partial charge in [-0.3, -0.25) is 13.9 Å². The highest BCUT2D eigenvalue weighted by atomic mass is 79.9. The largest absolute Gasteiger partial charge is 0.354 e. The van der Waals surface area contributed by atoms with Crippen LogP contribution in [0.1, 0.15) is 37.5 Å². The molecule has 0 unspecified atom stereocenters. The van der Waals surface area contributed by atoms with Gasteiger partial charge in [0.25, 0.3) is 0 Å². The summed E-state index contributed by atoms with van der Waals surface area (Å²) in [4.78, 5) is 27.8. The highest BCUT2D eigenvalue weighted by molar-refractivity contribution is 9.10. The summed E-state index contributed by atoms with van der Waals surface area (Å²) in [6, 6.07) is 12.1. The van der Waals surface area contributed by atoms with Crippen molar-refractivity contribution in [2.45, 2.75) is 47.2 Å². The van der Waals surface area contributed by atoms with Crippen LogP contribution in [-0.4, -0.2) is 50.5 Å². The van der Waals surface area contributed by atoms with Crippen LogP contribution in [0.3, 0.4) is 0 Å². The van der Waals surface area contributed by atoms with Gasteiger partial charge in [-0.15, -0.1) is 0 Å². The Balaban J connectivity index is 2.40. The van der Waals surface area contributed by atoms with Crippen LogP contribution in [0.4, 0.5) is 5.69 Å². The van der Waals surface area contributed by atoms with Crippen LogP contribution < -0.4 is 9.62 Å². The monoisotopic (exact) mass is 551 g/mol. The molecule has 7 nitrogen and oxygen atoms in total. The summed E-state index contributed by atoms with van der Waals surface area (Å²) >= 11 is 3.44. The highest BCUT2D eigenvalue weighted by Gasteiger charge is 2.30. The molecule has 2 rings (SSSR count). The fraction of sp³-hybridized carbons (Fsp3) is 0.440. The third-order valence-electron chi connectivity index (χ3n) is 5.39. The fourth-order valence-corrected chi connectivity index (χ4v) is 4.90. The van der Waals surface area contributed by atoms with Crippen molar-refractivity contribution in [1.29, 1.82) is 0 Å². The minimum atomic E-state index is -3.75. The first-order chi connectivity index (χ1) is 15.8. The zero-order valence-corrected chi connectivity index (χ0v) is 23.0. The average Bonchev–Trinajstić information content (AvgIpc) is 2.73. The number of aryl methyl sites for hydroxylation is 2. The van der Waals surface area contributed by atoms with Crippen LogP contribution in [-0.2, 0) is 26.2 Å². The minimum Gasteiger partial charge on any atom is -0.354 e. The zero-order chi connectivity index (χ0) is 25.6. The number of sulfonamides is 1. The van der Waals surface area contributed by atoms with Crippen molar-refractivity contribution in [2.24, 2.45) is 5.92 Å². The van der Waals surface area contributed by atoms with Crippen molar-refractivity contribution in [3.05, 3.63) is 63.6 Å². The van der Waals surface area contributed by atoms with Crippen molar-refractivity contribution in [2.75, 3.05) is 23.7 Å². The standard InChI is InChI=1S/C25H34BrN3O4S/c1-17(2)14-27-25(31)20(5)28(15-21-8-7-9-22(26)13-21)24(30)16-29(34(6,32)33)23-11-10-18(3)12-19(23)4/h7-13,17,20H,14-16H2,1-6H3,(H,27,31)/t20-/m0/s1. The molecule has 0 bridgehead atoms. The molecular weight excluding hydrogens is 518 g/mol. The van der Waals surface area contributed by atoms with Gasteiger partial charge >= 0.3 is 0 Å². The Bertz CT molecular complexity index is 1130. The normalized spacial score (nSPS) is 12.4. The number of nitrogens with zero attached hydrogens (tertiary/aromatic N) is 2. The summed E-state index contributed by atoms with van der Waals surface area (Å²) in [5.41, 5.74) is 3.01. The van der Waals surface area contributed by atoms with Gasteiger partial charge in [0.2, 0.25) is 21.8 Å². The maximum Gasteiger partial charge on any atom is 0.244 e. The second-order valence-corrected chi connectivity index (χ2v) is 11.8. The highest BCUT2D eigenvalue weighted by Crippen LogP contribution is 2.24. The SMILES string of the molecule is Cc1ccc(N(CC(=O)N(Cc2cccc(Br)c2)[C@@H](C)C(=O)NCC(C)C)S(C)(=O)=O)c(C)c1. The van der Waals surface area contributed by atoms with Gasteiger partial charge in [-0.1, -0.05) is 59.6 Å². The predicted molar refractivity (Wildman–Crippen MR) is 140 cm³/mol. The van der Waals surface area contributed by atoms with Crippen molar-refractivity contribution >= 4 is 43.5 Å². The molecule has 2 aromatic rings. The molecule has 34 heavy (non-hydrogen) atoms. The third-order valence-corrected chi connectivity index (χ3v) is 7.01. The number of nitrogens with one attached hydrogen (secondary N) is 1. The molecule has 0 radical (unpaired) electrons. The molecule has 2 aromatic carbocycles. The number of halogens is 1. The maximum absolute atomic E-state index is 13.6. The maximum atomic E-state index is 13.6. The van der Waals surface area contributed by atoms with Gasteiger partial charge in [0.05, 0.1) is 11.9 Å². The van der Waals surface area contributed by atoms with E-state index in [1.807, 2.05) is 64.1 Å². The molecule has 1 atom stereocenters. The quantitative estimate of drug-likeness (QED) is 0.483. The van der Waals surface area contributed by atoms with Gasteiger partial charge in [-0.05, 0) is 56.0 Å². The molecule has 0 aliphatic rings. The van der Waals surface area contributed by atoms with Crippen LogP contribution >= 0.6 is 15.9 Å². The second kappa shape index (κ2) is 11.8. The number of amides is 2. The summed E-state index contributed by atoms with van der Waals surface area (Å²) in [5.74, 6) is -0.484. The molecule has 0 saturated heterocycles. The molecular formula is C25H34BrN3O4S. The Kier molecular flexibility index (Phi) is 9.70. The molecule has 2 amide bonds. The lowest BCUT2D eigenvalue weighted by molar-refractivity contribution is -0.139. The van der Waals surface area contributed by atoms with Crippen LogP contribution in [0.5, 0.6) is 0 Å². The number of benzene rings is 2. The number of carbonyl (C=O) groups excluding carboxylic acids is 2. The number of hydrogen-bond donors (Lipinski definition) is 1. The number of carbonyl (C=O) groups is 2. The van der Waals surface area contributed by atoms with Crippen LogP contribution in [0.15, 0.2) is 46.9 Å². The molecule has 0 fully saturated rings. The van der Waals surface area contributed by atoms with E-state index < -0.39 is 28.5 Å². The van der Waals surface area contributed by atoms with E-state index in [9.17, 15) is 18.0 Å². The molecule has 0 heterocycles. The summed E-state index contributed by atoms with van der Waals surface area (Å²) in [6.07, 6.45) is 1.08. The first-order valence-corrected chi connectivity index (χ1v) is 13.8. The van der Waals surface area contributed by atoms with Gasteiger partial charge in [-0.25, -0.2) is 8.42 Å². The summed E-state index contributed by atoms with van der Waals surface area (Å²) in [5, 5.41) is 2.87. The van der Waals surface area contributed by atoms with E-state index in [2.05, 4.69) is 21.2 Å². The Morgan fingerprint density at radius 1 is 1.06 bits per heavy atom. The zero-order valence-electron chi connectivity index (χ0n) is 20.6. The van der Waals surface area contributed by atoms with Gasteiger partial charge in [0.1, 0.15) is 12.6 Å². The summed E-state index contributed by atoms with van der Waals surface area (Å²) in [6.45, 7) is 9.62. The lowest BCUT2D eigenvalue weighted by atomic mass is 10.1. The van der Waals surface area contributed by atoms with E-state index in [0.717, 1.165) is 31.7 Å². The lowest BCUT2D eigenvalue weighted by Gasteiger charge is -2.32. The van der Waals surface area contributed by atoms with E-state index in [1.54, 1.807) is 13.0 Å². The molecule has 9 heteroatoms. The first-order valence-electron chi connectivity index (χ1n) is 11.2. The van der Waals surface area contributed by atoms with Crippen molar-refractivity contribution in [3.8, 4) is 0 Å².